The third-order valence-corrected chi connectivity index (χ3v) is 4.68. The normalized spacial score (nSPS) is 11.8. The Morgan fingerprint density at radius 1 is 0.955 bits per heavy atom. The van der Waals surface area contributed by atoms with Crippen molar-refractivity contribution in [3.05, 3.63) is 60.2 Å². The molecule has 0 spiro atoms. The van der Waals surface area contributed by atoms with Crippen molar-refractivity contribution in [1.82, 2.24) is 5.43 Å². The fourth-order valence-corrected chi connectivity index (χ4v) is 2.59. The molecule has 0 fully saturated rings. The Morgan fingerprint density at radius 3 is 2.27 bits per heavy atom. The first-order valence-electron chi connectivity index (χ1n) is 6.98. The lowest BCUT2D eigenvalue weighted by Crippen LogP contribution is -2.13. The average Bonchev–Trinajstić information content (AvgIpc) is 2.56. The summed E-state index contributed by atoms with van der Waals surface area (Å²) in [7, 11) is 0. The SMILES string of the molecule is CSC(=S)NN=C(C)c1ccc2cc3ccccc3cc2c1. The van der Waals surface area contributed by atoms with Gasteiger partial charge in [0.1, 0.15) is 0 Å². The van der Waals surface area contributed by atoms with Gasteiger partial charge in [0.2, 0.25) is 0 Å². The third kappa shape index (κ3) is 3.13. The minimum absolute atomic E-state index is 0.672. The van der Waals surface area contributed by atoms with E-state index in [1.54, 1.807) is 0 Å². The zero-order chi connectivity index (χ0) is 15.5. The number of rotatable bonds is 2. The Balaban J connectivity index is 2.01. The molecule has 2 nitrogen and oxygen atoms in total. The van der Waals surface area contributed by atoms with E-state index in [-0.39, 0.29) is 0 Å². The van der Waals surface area contributed by atoms with Crippen LogP contribution < -0.4 is 5.43 Å². The van der Waals surface area contributed by atoms with Crippen molar-refractivity contribution < 1.29 is 0 Å². The fourth-order valence-electron chi connectivity index (χ4n) is 2.40. The van der Waals surface area contributed by atoms with Crippen LogP contribution in [0.15, 0.2) is 59.7 Å². The second-order valence-electron chi connectivity index (χ2n) is 5.06. The van der Waals surface area contributed by atoms with E-state index in [1.165, 1.54) is 33.3 Å². The monoisotopic (exact) mass is 324 g/mol. The van der Waals surface area contributed by atoms with Crippen LogP contribution in [0.25, 0.3) is 21.5 Å². The van der Waals surface area contributed by atoms with Crippen LogP contribution in [0.1, 0.15) is 12.5 Å². The quantitative estimate of drug-likeness (QED) is 0.312. The topological polar surface area (TPSA) is 24.4 Å². The Morgan fingerprint density at radius 2 is 1.59 bits per heavy atom. The van der Waals surface area contributed by atoms with Gasteiger partial charge in [-0.25, -0.2) is 0 Å². The van der Waals surface area contributed by atoms with Crippen molar-refractivity contribution in [3.8, 4) is 0 Å². The average molecular weight is 324 g/mol. The molecule has 0 unspecified atom stereocenters. The van der Waals surface area contributed by atoms with Crippen LogP contribution in [0.4, 0.5) is 0 Å². The van der Waals surface area contributed by atoms with Crippen LogP contribution >= 0.6 is 24.0 Å². The molecule has 0 radical (unpaired) electrons. The molecule has 0 aliphatic carbocycles. The molecular weight excluding hydrogens is 308 g/mol. The summed E-state index contributed by atoms with van der Waals surface area (Å²) in [6.45, 7) is 1.98. The molecule has 0 saturated carbocycles. The summed E-state index contributed by atoms with van der Waals surface area (Å²) >= 11 is 6.58. The third-order valence-electron chi connectivity index (χ3n) is 3.62. The Bertz CT molecular complexity index is 885. The van der Waals surface area contributed by atoms with Gasteiger partial charge in [0.05, 0.1) is 5.71 Å². The largest absolute Gasteiger partial charge is 0.262 e. The molecule has 0 amide bonds. The van der Waals surface area contributed by atoms with Gasteiger partial charge in [-0.3, -0.25) is 5.43 Å². The van der Waals surface area contributed by atoms with Crippen LogP contribution in [0.5, 0.6) is 0 Å². The highest BCUT2D eigenvalue weighted by molar-refractivity contribution is 8.22. The van der Waals surface area contributed by atoms with E-state index < -0.39 is 0 Å². The molecule has 0 bridgehead atoms. The number of nitrogens with one attached hydrogen (secondary N) is 1. The summed E-state index contributed by atoms with van der Waals surface area (Å²) in [5, 5.41) is 9.32. The standard InChI is InChI=1S/C18H16N2S2/c1-12(19-20-18(21)22-2)13-7-8-16-10-14-5-3-4-6-15(14)11-17(16)9-13/h3-11H,1-2H3,(H,20,21). The van der Waals surface area contributed by atoms with Gasteiger partial charge in [-0.05, 0) is 58.5 Å². The first-order chi connectivity index (χ1) is 10.7. The Labute approximate surface area is 139 Å². The minimum atomic E-state index is 0.672. The molecule has 1 N–H and O–H groups in total. The number of thiocarbonyl (C=S) groups is 1. The molecule has 3 rings (SSSR count). The highest BCUT2D eigenvalue weighted by atomic mass is 32.2. The lowest BCUT2D eigenvalue weighted by atomic mass is 10.0. The van der Waals surface area contributed by atoms with Crippen molar-refractivity contribution in [2.45, 2.75) is 6.92 Å². The van der Waals surface area contributed by atoms with Crippen molar-refractivity contribution in [3.63, 3.8) is 0 Å². The summed E-state index contributed by atoms with van der Waals surface area (Å²) in [6.07, 6.45) is 1.93. The Kier molecular flexibility index (Phi) is 4.41. The second kappa shape index (κ2) is 6.46. The number of hydrogen-bond donors (Lipinski definition) is 1. The van der Waals surface area contributed by atoms with Gasteiger partial charge in [-0.1, -0.05) is 60.4 Å². The van der Waals surface area contributed by atoms with Gasteiger partial charge in [-0.15, -0.1) is 0 Å². The summed E-state index contributed by atoms with van der Waals surface area (Å²) < 4.78 is 0.672. The molecular formula is C18H16N2S2. The van der Waals surface area contributed by atoms with Crippen molar-refractivity contribution in [1.29, 1.82) is 0 Å². The maximum atomic E-state index is 5.10. The van der Waals surface area contributed by atoms with E-state index in [4.69, 9.17) is 12.2 Å². The highest BCUT2D eigenvalue weighted by Gasteiger charge is 2.02. The van der Waals surface area contributed by atoms with E-state index in [2.05, 4.69) is 65.1 Å². The van der Waals surface area contributed by atoms with E-state index in [0.29, 0.717) is 4.32 Å². The predicted molar refractivity (Wildman–Crippen MR) is 103 cm³/mol. The molecule has 0 aromatic heterocycles. The smallest absolute Gasteiger partial charge is 0.153 e. The number of benzene rings is 3. The summed E-state index contributed by atoms with van der Waals surface area (Å²) in [6, 6.07) is 19.3. The van der Waals surface area contributed by atoms with Crippen molar-refractivity contribution in [2.75, 3.05) is 6.26 Å². The van der Waals surface area contributed by atoms with E-state index in [0.717, 1.165) is 11.3 Å². The summed E-state index contributed by atoms with van der Waals surface area (Å²) in [5.41, 5.74) is 4.91. The Hall–Kier alpha value is -1.91. The number of hydrogen-bond acceptors (Lipinski definition) is 3. The van der Waals surface area contributed by atoms with Crippen LogP contribution in [-0.2, 0) is 0 Å². The van der Waals surface area contributed by atoms with E-state index >= 15 is 0 Å². The van der Waals surface area contributed by atoms with Gasteiger partial charge < -0.3 is 0 Å². The van der Waals surface area contributed by atoms with Gasteiger partial charge >= 0.3 is 0 Å². The predicted octanol–water partition coefficient (Wildman–Crippen LogP) is 4.95. The van der Waals surface area contributed by atoms with Gasteiger partial charge in [0.15, 0.2) is 4.32 Å². The van der Waals surface area contributed by atoms with Crippen molar-refractivity contribution in [2.24, 2.45) is 5.10 Å². The van der Waals surface area contributed by atoms with Gasteiger partial charge in [-0.2, -0.15) is 5.10 Å². The summed E-state index contributed by atoms with van der Waals surface area (Å²) in [5.74, 6) is 0. The molecule has 0 saturated heterocycles. The molecule has 4 heteroatoms. The molecule has 22 heavy (non-hydrogen) atoms. The number of hydrazone groups is 1. The van der Waals surface area contributed by atoms with E-state index in [9.17, 15) is 0 Å². The van der Waals surface area contributed by atoms with Crippen LogP contribution in [0.3, 0.4) is 0 Å². The lowest BCUT2D eigenvalue weighted by molar-refractivity contribution is 1.06. The first kappa shape index (κ1) is 15.0. The fraction of sp³-hybridized carbons (Fsp3) is 0.111. The molecule has 0 heterocycles. The summed E-state index contributed by atoms with van der Waals surface area (Å²) in [4.78, 5) is 0. The number of nitrogens with zero attached hydrogens (tertiary/aromatic N) is 1. The van der Waals surface area contributed by atoms with E-state index in [1.807, 2.05) is 13.2 Å². The molecule has 0 aliphatic heterocycles. The molecule has 3 aromatic carbocycles. The maximum absolute atomic E-state index is 5.10. The first-order valence-corrected chi connectivity index (χ1v) is 8.62. The highest BCUT2D eigenvalue weighted by Crippen LogP contribution is 2.24. The number of fused-ring (bicyclic) bond motifs is 2. The van der Waals surface area contributed by atoms with Gasteiger partial charge in [0, 0.05) is 0 Å². The molecule has 0 aliphatic rings. The van der Waals surface area contributed by atoms with Crippen LogP contribution in [0.2, 0.25) is 0 Å². The van der Waals surface area contributed by atoms with Crippen LogP contribution in [-0.4, -0.2) is 16.3 Å². The maximum Gasteiger partial charge on any atom is 0.153 e. The number of thioether (sulfide) groups is 1. The minimum Gasteiger partial charge on any atom is -0.262 e. The molecule has 3 aromatic rings. The van der Waals surface area contributed by atoms with Crippen molar-refractivity contribution >= 4 is 55.6 Å². The zero-order valence-electron chi connectivity index (χ0n) is 12.5. The lowest BCUT2D eigenvalue weighted by Gasteiger charge is -2.06. The van der Waals surface area contributed by atoms with Gasteiger partial charge in [0.25, 0.3) is 0 Å². The zero-order valence-corrected chi connectivity index (χ0v) is 14.1. The molecule has 110 valence electrons. The molecule has 0 atom stereocenters. The second-order valence-corrected chi connectivity index (χ2v) is 6.55. The van der Waals surface area contributed by atoms with Crippen LogP contribution in [0, 0.1) is 0 Å².